The van der Waals surface area contributed by atoms with Gasteiger partial charge in [0.2, 0.25) is 0 Å². The molecular formula is C22H25N3O3. The highest BCUT2D eigenvalue weighted by Gasteiger charge is 2.27. The number of aryl methyl sites for hydroxylation is 1. The van der Waals surface area contributed by atoms with Gasteiger partial charge in [0.15, 0.2) is 0 Å². The van der Waals surface area contributed by atoms with Crippen molar-refractivity contribution >= 4 is 5.91 Å². The lowest BCUT2D eigenvalue weighted by Gasteiger charge is -2.31. The van der Waals surface area contributed by atoms with E-state index < -0.39 is 6.04 Å². The number of carbonyl (C=O) groups is 1. The number of aromatic hydroxyl groups is 1. The summed E-state index contributed by atoms with van der Waals surface area (Å²) in [6.07, 6.45) is 2.53. The lowest BCUT2D eigenvalue weighted by molar-refractivity contribution is 0.0740. The van der Waals surface area contributed by atoms with E-state index in [-0.39, 0.29) is 11.7 Å². The van der Waals surface area contributed by atoms with Gasteiger partial charge in [0.25, 0.3) is 5.91 Å². The van der Waals surface area contributed by atoms with Gasteiger partial charge in [-0.25, -0.2) is 0 Å². The zero-order valence-corrected chi connectivity index (χ0v) is 15.9. The van der Waals surface area contributed by atoms with Crippen molar-refractivity contribution in [3.8, 4) is 5.75 Å². The van der Waals surface area contributed by atoms with Crippen LogP contribution in [0.25, 0.3) is 0 Å². The van der Waals surface area contributed by atoms with Gasteiger partial charge in [-0.3, -0.25) is 9.69 Å². The van der Waals surface area contributed by atoms with Crippen molar-refractivity contribution < 1.29 is 9.90 Å². The SMILES string of the molecule is O=NC(CN1CCc2ccccc2C1)CN1CCCc2cc(O)ccc2C1=O. The average molecular weight is 379 g/mol. The Bertz CT molecular complexity index is 883. The quantitative estimate of drug-likeness (QED) is 0.811. The molecule has 1 N–H and O–H groups in total. The van der Waals surface area contributed by atoms with E-state index in [4.69, 9.17) is 0 Å². The van der Waals surface area contributed by atoms with E-state index in [1.54, 1.807) is 23.1 Å². The number of amides is 1. The van der Waals surface area contributed by atoms with Crippen LogP contribution in [0.2, 0.25) is 0 Å². The van der Waals surface area contributed by atoms with Gasteiger partial charge in [0.1, 0.15) is 11.8 Å². The number of hydrogen-bond donors (Lipinski definition) is 1. The minimum atomic E-state index is -0.451. The van der Waals surface area contributed by atoms with Gasteiger partial charge < -0.3 is 10.0 Å². The molecule has 2 aromatic carbocycles. The number of phenolic OH excluding ortho intramolecular Hbond substituents is 1. The van der Waals surface area contributed by atoms with Gasteiger partial charge in [0, 0.05) is 38.3 Å². The highest BCUT2D eigenvalue weighted by atomic mass is 16.3. The third-order valence-electron chi connectivity index (χ3n) is 5.74. The highest BCUT2D eigenvalue weighted by molar-refractivity contribution is 5.96. The minimum absolute atomic E-state index is 0.0786. The molecule has 2 aliphatic rings. The molecule has 4 rings (SSSR count). The molecule has 146 valence electrons. The van der Waals surface area contributed by atoms with Gasteiger partial charge >= 0.3 is 0 Å². The molecule has 6 heteroatoms. The number of benzene rings is 2. The largest absolute Gasteiger partial charge is 0.508 e. The molecular weight excluding hydrogens is 354 g/mol. The number of nitroso groups, excluding NO2 is 1. The Labute approximate surface area is 164 Å². The van der Waals surface area contributed by atoms with Crippen LogP contribution in [0.5, 0.6) is 5.75 Å². The smallest absolute Gasteiger partial charge is 0.254 e. The van der Waals surface area contributed by atoms with Crippen LogP contribution in [-0.2, 0) is 19.4 Å². The topological polar surface area (TPSA) is 73.2 Å². The minimum Gasteiger partial charge on any atom is -0.508 e. The predicted octanol–water partition coefficient (Wildman–Crippen LogP) is 2.97. The molecule has 0 bridgehead atoms. The molecule has 1 unspecified atom stereocenters. The Kier molecular flexibility index (Phi) is 5.39. The van der Waals surface area contributed by atoms with Crippen LogP contribution in [0.3, 0.4) is 0 Å². The second-order valence-electron chi connectivity index (χ2n) is 7.71. The van der Waals surface area contributed by atoms with Crippen molar-refractivity contribution in [2.45, 2.75) is 31.8 Å². The van der Waals surface area contributed by atoms with E-state index in [2.05, 4.69) is 28.3 Å². The molecule has 2 heterocycles. The van der Waals surface area contributed by atoms with E-state index in [9.17, 15) is 14.8 Å². The first-order valence-electron chi connectivity index (χ1n) is 9.87. The monoisotopic (exact) mass is 379 g/mol. The molecule has 0 aliphatic carbocycles. The van der Waals surface area contributed by atoms with Gasteiger partial charge in [-0.2, -0.15) is 4.91 Å². The maximum absolute atomic E-state index is 12.9. The highest BCUT2D eigenvalue weighted by Crippen LogP contribution is 2.24. The summed E-state index contributed by atoms with van der Waals surface area (Å²) in [6, 6.07) is 12.8. The Morgan fingerprint density at radius 3 is 2.64 bits per heavy atom. The molecule has 1 amide bonds. The molecule has 28 heavy (non-hydrogen) atoms. The van der Waals surface area contributed by atoms with Crippen molar-refractivity contribution in [2.75, 3.05) is 26.2 Å². The number of carbonyl (C=O) groups excluding carboxylic acids is 1. The first-order chi connectivity index (χ1) is 13.6. The van der Waals surface area contributed by atoms with E-state index >= 15 is 0 Å². The summed E-state index contributed by atoms with van der Waals surface area (Å²) < 4.78 is 0. The fourth-order valence-electron chi connectivity index (χ4n) is 4.29. The molecule has 2 aromatic rings. The van der Waals surface area contributed by atoms with Crippen LogP contribution < -0.4 is 0 Å². The maximum atomic E-state index is 12.9. The number of nitrogens with zero attached hydrogens (tertiary/aromatic N) is 3. The van der Waals surface area contributed by atoms with Crippen LogP contribution in [0, 0.1) is 4.91 Å². The van der Waals surface area contributed by atoms with Gasteiger partial charge in [-0.1, -0.05) is 29.4 Å². The molecule has 0 fully saturated rings. The van der Waals surface area contributed by atoms with Crippen LogP contribution in [0.15, 0.2) is 47.6 Å². The molecule has 1 atom stereocenters. The summed E-state index contributed by atoms with van der Waals surface area (Å²) in [4.78, 5) is 28.5. The summed E-state index contributed by atoms with van der Waals surface area (Å²) in [5, 5.41) is 13.0. The van der Waals surface area contributed by atoms with Crippen molar-refractivity contribution in [2.24, 2.45) is 5.18 Å². The normalized spacial score (nSPS) is 18.1. The number of hydrogen-bond acceptors (Lipinski definition) is 5. The van der Waals surface area contributed by atoms with Gasteiger partial charge in [-0.15, -0.1) is 0 Å². The zero-order chi connectivity index (χ0) is 19.5. The maximum Gasteiger partial charge on any atom is 0.254 e. The van der Waals surface area contributed by atoms with Crippen LogP contribution in [-0.4, -0.2) is 53.0 Å². The number of fused-ring (bicyclic) bond motifs is 2. The van der Waals surface area contributed by atoms with Crippen molar-refractivity contribution in [1.82, 2.24) is 9.80 Å². The second-order valence-corrected chi connectivity index (χ2v) is 7.71. The molecule has 0 aromatic heterocycles. The van der Waals surface area contributed by atoms with Gasteiger partial charge in [-0.05, 0) is 54.2 Å². The third kappa shape index (κ3) is 3.92. The lowest BCUT2D eigenvalue weighted by Crippen LogP contribution is -2.43. The molecule has 0 saturated carbocycles. The molecule has 0 saturated heterocycles. The van der Waals surface area contributed by atoms with Gasteiger partial charge in [0.05, 0.1) is 0 Å². The van der Waals surface area contributed by atoms with E-state index in [0.717, 1.165) is 37.9 Å². The predicted molar refractivity (Wildman–Crippen MR) is 107 cm³/mol. The summed E-state index contributed by atoms with van der Waals surface area (Å²) in [7, 11) is 0. The van der Waals surface area contributed by atoms with Crippen molar-refractivity contribution in [1.29, 1.82) is 0 Å². The third-order valence-corrected chi connectivity index (χ3v) is 5.74. The van der Waals surface area contributed by atoms with E-state index in [0.29, 0.717) is 25.2 Å². The summed E-state index contributed by atoms with van der Waals surface area (Å²) in [5.74, 6) is 0.1000. The summed E-state index contributed by atoms with van der Waals surface area (Å²) in [6.45, 7) is 3.21. The fourth-order valence-corrected chi connectivity index (χ4v) is 4.29. The average Bonchev–Trinajstić information content (AvgIpc) is 2.86. The van der Waals surface area contributed by atoms with Crippen LogP contribution >= 0.6 is 0 Å². The number of rotatable bonds is 5. The van der Waals surface area contributed by atoms with Crippen molar-refractivity contribution in [3.63, 3.8) is 0 Å². The van der Waals surface area contributed by atoms with Crippen LogP contribution in [0.1, 0.15) is 33.5 Å². The van der Waals surface area contributed by atoms with E-state index in [1.165, 1.54) is 11.1 Å². The standard InChI is InChI=1S/C22H25N3O3/c26-20-7-8-21-17(12-20)6-3-10-25(22(21)27)15-19(23-28)14-24-11-9-16-4-1-2-5-18(16)13-24/h1-2,4-5,7-8,12,19,26H,3,6,9-11,13-15H2. The number of phenols is 1. The first kappa shape index (κ1) is 18.6. The molecule has 2 aliphatic heterocycles. The van der Waals surface area contributed by atoms with E-state index in [1.807, 2.05) is 6.07 Å². The zero-order valence-electron chi connectivity index (χ0n) is 15.9. The Hall–Kier alpha value is -2.73. The first-order valence-corrected chi connectivity index (χ1v) is 9.87. The molecule has 0 spiro atoms. The molecule has 6 nitrogen and oxygen atoms in total. The second kappa shape index (κ2) is 8.10. The van der Waals surface area contributed by atoms with Crippen LogP contribution in [0.4, 0.5) is 0 Å². The Balaban J connectivity index is 1.43. The summed E-state index contributed by atoms with van der Waals surface area (Å²) >= 11 is 0. The fraction of sp³-hybridized carbons (Fsp3) is 0.409. The Morgan fingerprint density at radius 1 is 1.00 bits per heavy atom. The van der Waals surface area contributed by atoms with Crippen molar-refractivity contribution in [3.05, 3.63) is 69.6 Å². The summed E-state index contributed by atoms with van der Waals surface area (Å²) in [5.41, 5.74) is 4.16. The lowest BCUT2D eigenvalue weighted by atomic mass is 9.99. The molecule has 0 radical (unpaired) electrons. The Morgan fingerprint density at radius 2 is 1.82 bits per heavy atom.